The van der Waals surface area contributed by atoms with Gasteiger partial charge in [0.15, 0.2) is 11.5 Å². The van der Waals surface area contributed by atoms with Crippen LogP contribution in [0.3, 0.4) is 0 Å². The van der Waals surface area contributed by atoms with Gasteiger partial charge in [0.2, 0.25) is 11.8 Å². The summed E-state index contributed by atoms with van der Waals surface area (Å²) in [6, 6.07) is 11.1. The first-order valence-electron chi connectivity index (χ1n) is 9.06. The van der Waals surface area contributed by atoms with Gasteiger partial charge in [-0.15, -0.1) is 0 Å². The second-order valence-corrected chi connectivity index (χ2v) is 6.60. The Hall–Kier alpha value is -3.36. The van der Waals surface area contributed by atoms with Crippen LogP contribution in [0.1, 0.15) is 6.42 Å². The Labute approximate surface area is 165 Å². The van der Waals surface area contributed by atoms with E-state index in [0.717, 1.165) is 0 Å². The number of ether oxygens (including phenoxy) is 3. The standard InChI is InChI=1S/C20H18F2N2O5/c21-20(22)29-15-4-2-1-3-14(15)23-19(26)12-9-18(25)24(11-12)13-5-6-16-17(10-13)28-8-7-27-16/h1-6,10,12,20H,7-9,11H2,(H,23,26)/t12-/m0/s1. The van der Waals surface area contributed by atoms with E-state index in [-0.39, 0.29) is 30.3 Å². The number of para-hydroxylation sites is 2. The summed E-state index contributed by atoms with van der Waals surface area (Å²) in [7, 11) is 0. The zero-order valence-electron chi connectivity index (χ0n) is 15.3. The van der Waals surface area contributed by atoms with Gasteiger partial charge in [0.1, 0.15) is 19.0 Å². The van der Waals surface area contributed by atoms with Crippen molar-refractivity contribution >= 4 is 23.2 Å². The van der Waals surface area contributed by atoms with Gasteiger partial charge < -0.3 is 24.4 Å². The van der Waals surface area contributed by atoms with Crippen LogP contribution < -0.4 is 24.4 Å². The molecule has 2 amide bonds. The minimum atomic E-state index is -3.01. The maximum absolute atomic E-state index is 12.6. The third kappa shape index (κ3) is 4.08. The van der Waals surface area contributed by atoms with Crippen LogP contribution in [0.5, 0.6) is 17.2 Å². The molecule has 2 heterocycles. The van der Waals surface area contributed by atoms with Crippen molar-refractivity contribution in [3.8, 4) is 17.2 Å². The molecule has 2 aromatic carbocycles. The predicted molar refractivity (Wildman–Crippen MR) is 99.6 cm³/mol. The molecule has 0 saturated carbocycles. The number of nitrogens with one attached hydrogen (secondary N) is 1. The van der Waals surface area contributed by atoms with Crippen molar-refractivity contribution in [2.24, 2.45) is 5.92 Å². The highest BCUT2D eigenvalue weighted by molar-refractivity contribution is 6.04. The average Bonchev–Trinajstić information content (AvgIpc) is 3.10. The normalized spacial score (nSPS) is 18.1. The Morgan fingerprint density at radius 1 is 1.14 bits per heavy atom. The molecule has 0 aliphatic carbocycles. The number of carbonyl (C=O) groups excluding carboxylic acids is 2. The lowest BCUT2D eigenvalue weighted by molar-refractivity contribution is -0.122. The third-order valence-electron chi connectivity index (χ3n) is 4.69. The van der Waals surface area contributed by atoms with Gasteiger partial charge in [0.25, 0.3) is 0 Å². The number of alkyl halides is 2. The van der Waals surface area contributed by atoms with Crippen molar-refractivity contribution < 1.29 is 32.6 Å². The lowest BCUT2D eigenvalue weighted by Gasteiger charge is -2.22. The molecule has 1 N–H and O–H groups in total. The number of anilines is 2. The maximum atomic E-state index is 12.6. The topological polar surface area (TPSA) is 77.1 Å². The van der Waals surface area contributed by atoms with Crippen molar-refractivity contribution in [1.82, 2.24) is 0 Å². The van der Waals surface area contributed by atoms with E-state index in [1.165, 1.54) is 23.1 Å². The van der Waals surface area contributed by atoms with E-state index in [9.17, 15) is 18.4 Å². The van der Waals surface area contributed by atoms with Crippen molar-refractivity contribution in [2.45, 2.75) is 13.0 Å². The van der Waals surface area contributed by atoms with Gasteiger partial charge in [-0.25, -0.2) is 0 Å². The number of hydrogen-bond acceptors (Lipinski definition) is 5. The van der Waals surface area contributed by atoms with Gasteiger partial charge in [0.05, 0.1) is 11.6 Å². The van der Waals surface area contributed by atoms with Crippen LogP contribution in [0.25, 0.3) is 0 Å². The summed E-state index contributed by atoms with van der Waals surface area (Å²) in [5.41, 5.74) is 0.735. The van der Waals surface area contributed by atoms with Crippen LogP contribution in [-0.4, -0.2) is 38.2 Å². The molecule has 1 atom stereocenters. The molecular weight excluding hydrogens is 386 g/mol. The van der Waals surface area contributed by atoms with E-state index in [2.05, 4.69) is 10.1 Å². The number of halogens is 2. The molecule has 0 unspecified atom stereocenters. The highest BCUT2D eigenvalue weighted by Crippen LogP contribution is 2.36. The summed E-state index contributed by atoms with van der Waals surface area (Å²) in [6.07, 6.45) is 0.0121. The molecule has 0 aromatic heterocycles. The Morgan fingerprint density at radius 3 is 2.69 bits per heavy atom. The molecule has 4 rings (SSSR count). The number of hydrogen-bond donors (Lipinski definition) is 1. The van der Waals surface area contributed by atoms with Crippen LogP contribution in [-0.2, 0) is 9.59 Å². The number of rotatable bonds is 5. The zero-order valence-corrected chi connectivity index (χ0v) is 15.3. The van der Waals surface area contributed by atoms with Crippen LogP contribution in [0.2, 0.25) is 0 Å². The lowest BCUT2D eigenvalue weighted by atomic mass is 10.1. The summed E-state index contributed by atoms with van der Waals surface area (Å²) in [4.78, 5) is 26.6. The van der Waals surface area contributed by atoms with Gasteiger partial charge in [-0.05, 0) is 24.3 Å². The first kappa shape index (κ1) is 19.0. The molecule has 152 valence electrons. The quantitative estimate of drug-likeness (QED) is 0.829. The molecule has 9 heteroatoms. The third-order valence-corrected chi connectivity index (χ3v) is 4.69. The van der Waals surface area contributed by atoms with Gasteiger partial charge in [0, 0.05) is 24.7 Å². The van der Waals surface area contributed by atoms with Gasteiger partial charge in [-0.3, -0.25) is 9.59 Å². The fourth-order valence-corrected chi connectivity index (χ4v) is 3.34. The van der Waals surface area contributed by atoms with E-state index >= 15 is 0 Å². The van der Waals surface area contributed by atoms with E-state index in [1.807, 2.05) is 0 Å². The Morgan fingerprint density at radius 2 is 1.90 bits per heavy atom. The zero-order chi connectivity index (χ0) is 20.4. The van der Waals surface area contributed by atoms with Crippen molar-refractivity contribution in [3.05, 3.63) is 42.5 Å². The Balaban J connectivity index is 1.46. The maximum Gasteiger partial charge on any atom is 0.387 e. The fourth-order valence-electron chi connectivity index (χ4n) is 3.34. The summed E-state index contributed by atoms with van der Waals surface area (Å²) in [5, 5.41) is 2.58. The molecule has 0 radical (unpaired) electrons. The van der Waals surface area contributed by atoms with Gasteiger partial charge in [-0.2, -0.15) is 8.78 Å². The SMILES string of the molecule is O=C(Nc1ccccc1OC(F)F)[C@H]1CC(=O)N(c2ccc3c(c2)OCCO3)C1. The van der Waals surface area contributed by atoms with Gasteiger partial charge >= 0.3 is 6.61 Å². The molecule has 2 aliphatic heterocycles. The van der Waals surface area contributed by atoms with E-state index in [0.29, 0.717) is 30.4 Å². The van der Waals surface area contributed by atoms with Crippen LogP contribution in [0.4, 0.5) is 20.2 Å². The molecule has 29 heavy (non-hydrogen) atoms. The van der Waals surface area contributed by atoms with E-state index in [1.54, 1.807) is 24.3 Å². The first-order valence-corrected chi connectivity index (χ1v) is 9.06. The molecule has 2 aliphatic rings. The number of fused-ring (bicyclic) bond motifs is 1. The molecule has 1 fully saturated rings. The minimum absolute atomic E-state index is 0.0121. The monoisotopic (exact) mass is 404 g/mol. The molecule has 7 nitrogen and oxygen atoms in total. The van der Waals surface area contributed by atoms with E-state index < -0.39 is 18.4 Å². The first-order chi connectivity index (χ1) is 14.0. The Bertz CT molecular complexity index is 937. The van der Waals surface area contributed by atoms with Crippen molar-refractivity contribution in [3.63, 3.8) is 0 Å². The highest BCUT2D eigenvalue weighted by atomic mass is 19.3. The number of benzene rings is 2. The van der Waals surface area contributed by atoms with Crippen LogP contribution >= 0.6 is 0 Å². The summed E-state index contributed by atoms with van der Waals surface area (Å²) in [5.74, 6) is -0.258. The Kier molecular flexibility index (Phi) is 5.20. The summed E-state index contributed by atoms with van der Waals surface area (Å²) >= 11 is 0. The molecular formula is C20H18F2N2O5. The highest BCUT2D eigenvalue weighted by Gasteiger charge is 2.36. The number of carbonyl (C=O) groups is 2. The van der Waals surface area contributed by atoms with Crippen LogP contribution in [0, 0.1) is 5.92 Å². The summed E-state index contributed by atoms with van der Waals surface area (Å²) < 4.78 is 40.5. The van der Waals surface area contributed by atoms with Gasteiger partial charge in [-0.1, -0.05) is 12.1 Å². The van der Waals surface area contributed by atoms with Crippen molar-refractivity contribution in [2.75, 3.05) is 30.0 Å². The predicted octanol–water partition coefficient (Wildman–Crippen LogP) is 3.05. The minimum Gasteiger partial charge on any atom is -0.486 e. The molecule has 0 bridgehead atoms. The van der Waals surface area contributed by atoms with Crippen molar-refractivity contribution in [1.29, 1.82) is 0 Å². The van der Waals surface area contributed by atoms with Crippen LogP contribution in [0.15, 0.2) is 42.5 Å². The largest absolute Gasteiger partial charge is 0.486 e. The number of nitrogens with zero attached hydrogens (tertiary/aromatic N) is 1. The second-order valence-electron chi connectivity index (χ2n) is 6.60. The molecule has 2 aromatic rings. The second kappa shape index (κ2) is 7.94. The molecule has 0 spiro atoms. The fraction of sp³-hybridized carbons (Fsp3) is 0.300. The van der Waals surface area contributed by atoms with E-state index in [4.69, 9.17) is 9.47 Å². The lowest BCUT2D eigenvalue weighted by Crippen LogP contribution is -2.28. The molecule has 1 saturated heterocycles. The number of amides is 2. The smallest absolute Gasteiger partial charge is 0.387 e. The summed E-state index contributed by atoms with van der Waals surface area (Å²) in [6.45, 7) is -1.95. The average molecular weight is 404 g/mol.